The van der Waals surface area contributed by atoms with Crippen LogP contribution in [0.4, 0.5) is 5.69 Å². The van der Waals surface area contributed by atoms with Gasteiger partial charge in [0.2, 0.25) is 0 Å². The minimum Gasteiger partial charge on any atom is -0.387 e. The second-order valence-corrected chi connectivity index (χ2v) is 2.52. The van der Waals surface area contributed by atoms with Crippen LogP contribution in [-0.4, -0.2) is 17.0 Å². The fourth-order valence-corrected chi connectivity index (χ4v) is 1.09. The van der Waals surface area contributed by atoms with E-state index in [4.69, 9.17) is 0 Å². The molecular weight excluding hydrogens is 150 g/mol. The monoisotopic (exact) mass is 159 g/mol. The molecular formula is C9H9N3. The number of rotatable bonds is 1. The second-order valence-electron chi connectivity index (χ2n) is 2.52. The van der Waals surface area contributed by atoms with Crippen molar-refractivity contribution < 1.29 is 0 Å². The standard InChI is InChI=1S/C9H9N3/c1-10-7-5-9-8(12-6-7)3-2-4-11-9/h2-6,10H,1H3. The van der Waals surface area contributed by atoms with E-state index in [2.05, 4.69) is 15.3 Å². The molecule has 0 radical (unpaired) electrons. The Kier molecular flexibility index (Phi) is 1.63. The first-order valence-electron chi connectivity index (χ1n) is 3.78. The van der Waals surface area contributed by atoms with Crippen molar-refractivity contribution in [1.82, 2.24) is 9.97 Å². The van der Waals surface area contributed by atoms with E-state index in [0.29, 0.717) is 0 Å². The van der Waals surface area contributed by atoms with E-state index >= 15 is 0 Å². The van der Waals surface area contributed by atoms with Crippen LogP contribution >= 0.6 is 0 Å². The Morgan fingerprint density at radius 1 is 1.25 bits per heavy atom. The van der Waals surface area contributed by atoms with Gasteiger partial charge in [0.05, 0.1) is 22.9 Å². The van der Waals surface area contributed by atoms with Crippen LogP contribution in [0.25, 0.3) is 11.0 Å². The van der Waals surface area contributed by atoms with Crippen LogP contribution in [0.15, 0.2) is 30.6 Å². The summed E-state index contributed by atoms with van der Waals surface area (Å²) in [6.07, 6.45) is 3.56. The molecule has 3 nitrogen and oxygen atoms in total. The molecule has 2 heterocycles. The van der Waals surface area contributed by atoms with Gasteiger partial charge in [-0.2, -0.15) is 0 Å². The molecule has 0 aliphatic carbocycles. The van der Waals surface area contributed by atoms with Gasteiger partial charge in [0.15, 0.2) is 0 Å². The van der Waals surface area contributed by atoms with Crippen molar-refractivity contribution in [2.75, 3.05) is 12.4 Å². The van der Waals surface area contributed by atoms with Crippen LogP contribution in [0.3, 0.4) is 0 Å². The molecule has 1 N–H and O–H groups in total. The number of anilines is 1. The Balaban J connectivity index is 2.67. The first-order chi connectivity index (χ1) is 5.90. The first-order valence-corrected chi connectivity index (χ1v) is 3.78. The minimum absolute atomic E-state index is 0.921. The predicted octanol–water partition coefficient (Wildman–Crippen LogP) is 1.67. The summed E-state index contributed by atoms with van der Waals surface area (Å²) in [5.74, 6) is 0. The number of pyridine rings is 2. The highest BCUT2D eigenvalue weighted by Gasteiger charge is 1.94. The van der Waals surface area contributed by atoms with Gasteiger partial charge in [0.25, 0.3) is 0 Å². The fraction of sp³-hybridized carbons (Fsp3) is 0.111. The lowest BCUT2D eigenvalue weighted by Gasteiger charge is -1.99. The number of fused-ring (bicyclic) bond motifs is 1. The summed E-state index contributed by atoms with van der Waals surface area (Å²) in [4.78, 5) is 8.41. The van der Waals surface area contributed by atoms with Crippen molar-refractivity contribution in [2.24, 2.45) is 0 Å². The summed E-state index contributed by atoms with van der Waals surface area (Å²) >= 11 is 0. The molecule has 2 aromatic heterocycles. The molecule has 0 saturated carbocycles. The van der Waals surface area contributed by atoms with Gasteiger partial charge < -0.3 is 5.32 Å². The Labute approximate surface area is 70.5 Å². The largest absolute Gasteiger partial charge is 0.387 e. The van der Waals surface area contributed by atoms with Crippen molar-refractivity contribution in [2.45, 2.75) is 0 Å². The Morgan fingerprint density at radius 2 is 2.17 bits per heavy atom. The maximum absolute atomic E-state index is 4.23. The third-order valence-corrected chi connectivity index (χ3v) is 1.74. The quantitative estimate of drug-likeness (QED) is 0.687. The predicted molar refractivity (Wildman–Crippen MR) is 49.1 cm³/mol. The zero-order valence-electron chi connectivity index (χ0n) is 6.78. The number of nitrogens with one attached hydrogen (secondary N) is 1. The summed E-state index contributed by atoms with van der Waals surface area (Å²) < 4.78 is 0. The van der Waals surface area contributed by atoms with Crippen LogP contribution in [0.5, 0.6) is 0 Å². The van der Waals surface area contributed by atoms with Crippen LogP contribution in [0, 0.1) is 0 Å². The minimum atomic E-state index is 0.921. The molecule has 0 atom stereocenters. The molecule has 0 aliphatic heterocycles. The summed E-state index contributed by atoms with van der Waals surface area (Å²) in [6, 6.07) is 5.80. The number of nitrogens with zero attached hydrogens (tertiary/aromatic N) is 2. The van der Waals surface area contributed by atoms with Crippen molar-refractivity contribution in [3.63, 3.8) is 0 Å². The lowest BCUT2D eigenvalue weighted by Crippen LogP contribution is -1.90. The molecule has 0 bridgehead atoms. The highest BCUT2D eigenvalue weighted by molar-refractivity contribution is 5.76. The van der Waals surface area contributed by atoms with Crippen LogP contribution < -0.4 is 5.32 Å². The van der Waals surface area contributed by atoms with Gasteiger partial charge in [-0.15, -0.1) is 0 Å². The number of hydrogen-bond donors (Lipinski definition) is 1. The van der Waals surface area contributed by atoms with Crippen LogP contribution in [-0.2, 0) is 0 Å². The maximum atomic E-state index is 4.23. The highest BCUT2D eigenvalue weighted by atomic mass is 14.9. The molecule has 0 amide bonds. The Morgan fingerprint density at radius 3 is 3.00 bits per heavy atom. The van der Waals surface area contributed by atoms with Gasteiger partial charge in [-0.1, -0.05) is 0 Å². The molecule has 0 aliphatic rings. The van der Waals surface area contributed by atoms with Gasteiger partial charge in [0, 0.05) is 13.2 Å². The van der Waals surface area contributed by atoms with E-state index in [1.807, 2.05) is 25.2 Å². The lowest BCUT2D eigenvalue weighted by atomic mass is 10.3. The zero-order chi connectivity index (χ0) is 8.39. The van der Waals surface area contributed by atoms with Gasteiger partial charge >= 0.3 is 0 Å². The molecule has 0 saturated heterocycles. The van der Waals surface area contributed by atoms with Gasteiger partial charge in [0.1, 0.15) is 0 Å². The summed E-state index contributed by atoms with van der Waals surface area (Å²) in [5, 5.41) is 3.02. The zero-order valence-corrected chi connectivity index (χ0v) is 6.78. The summed E-state index contributed by atoms with van der Waals surface area (Å²) in [7, 11) is 1.87. The molecule has 0 spiro atoms. The lowest BCUT2D eigenvalue weighted by molar-refractivity contribution is 1.32. The average Bonchev–Trinajstić information content (AvgIpc) is 2.17. The third-order valence-electron chi connectivity index (χ3n) is 1.74. The molecule has 60 valence electrons. The SMILES string of the molecule is CNc1cnc2cccnc2c1. The van der Waals surface area contributed by atoms with E-state index in [-0.39, 0.29) is 0 Å². The van der Waals surface area contributed by atoms with Crippen molar-refractivity contribution in [3.05, 3.63) is 30.6 Å². The van der Waals surface area contributed by atoms with Crippen molar-refractivity contribution in [1.29, 1.82) is 0 Å². The van der Waals surface area contributed by atoms with Gasteiger partial charge in [-0.3, -0.25) is 9.97 Å². The van der Waals surface area contributed by atoms with E-state index < -0.39 is 0 Å². The molecule has 3 heteroatoms. The molecule has 0 fully saturated rings. The Bertz CT molecular complexity index is 398. The molecule has 0 aromatic carbocycles. The van der Waals surface area contributed by atoms with E-state index in [1.54, 1.807) is 12.4 Å². The van der Waals surface area contributed by atoms with Gasteiger partial charge in [-0.25, -0.2) is 0 Å². The summed E-state index contributed by atoms with van der Waals surface area (Å²) in [6.45, 7) is 0. The maximum Gasteiger partial charge on any atom is 0.0907 e. The van der Waals surface area contributed by atoms with E-state index in [9.17, 15) is 0 Å². The third kappa shape index (κ3) is 1.09. The molecule has 2 rings (SSSR count). The van der Waals surface area contributed by atoms with Crippen molar-refractivity contribution >= 4 is 16.7 Å². The molecule has 2 aromatic rings. The number of aromatic nitrogens is 2. The fourth-order valence-electron chi connectivity index (χ4n) is 1.09. The molecule has 0 unspecified atom stereocenters. The smallest absolute Gasteiger partial charge is 0.0907 e. The number of hydrogen-bond acceptors (Lipinski definition) is 3. The second kappa shape index (κ2) is 2.77. The summed E-state index contributed by atoms with van der Waals surface area (Å²) in [5.41, 5.74) is 2.84. The van der Waals surface area contributed by atoms with Crippen LogP contribution in [0.2, 0.25) is 0 Å². The van der Waals surface area contributed by atoms with Crippen molar-refractivity contribution in [3.8, 4) is 0 Å². The normalized spacial score (nSPS) is 10.1. The van der Waals surface area contributed by atoms with Crippen LogP contribution in [0.1, 0.15) is 0 Å². The first kappa shape index (κ1) is 7.03. The van der Waals surface area contributed by atoms with E-state index in [0.717, 1.165) is 16.7 Å². The van der Waals surface area contributed by atoms with Gasteiger partial charge in [-0.05, 0) is 18.2 Å². The van der Waals surface area contributed by atoms with E-state index in [1.165, 1.54) is 0 Å². The highest BCUT2D eigenvalue weighted by Crippen LogP contribution is 2.12. The Hall–Kier alpha value is -1.64. The average molecular weight is 159 g/mol. The topological polar surface area (TPSA) is 37.8 Å². The molecule has 12 heavy (non-hydrogen) atoms.